The van der Waals surface area contributed by atoms with Gasteiger partial charge in [0.1, 0.15) is 0 Å². The minimum absolute atomic E-state index is 0.0196. The highest BCUT2D eigenvalue weighted by atomic mass is 35.5. The summed E-state index contributed by atoms with van der Waals surface area (Å²) in [5, 5.41) is 0.695. The number of carbonyl (C=O) groups excluding carboxylic acids is 2. The maximum absolute atomic E-state index is 12.9. The Morgan fingerprint density at radius 1 is 1.16 bits per heavy atom. The predicted molar refractivity (Wildman–Crippen MR) is 107 cm³/mol. The van der Waals surface area contributed by atoms with E-state index < -0.39 is 0 Å². The Labute approximate surface area is 161 Å². The predicted octanol–water partition coefficient (Wildman–Crippen LogP) is 5.93. The van der Waals surface area contributed by atoms with Crippen molar-refractivity contribution >= 4 is 46.7 Å². The quantitative estimate of drug-likeness (QED) is 0.469. The van der Waals surface area contributed by atoms with Crippen LogP contribution in [0.5, 0.6) is 0 Å². The fourth-order valence-electron chi connectivity index (χ4n) is 2.67. The van der Waals surface area contributed by atoms with Crippen molar-refractivity contribution < 1.29 is 9.59 Å². The smallest absolute Gasteiger partial charge is 0.198 e. The molecule has 0 fully saturated rings. The van der Waals surface area contributed by atoms with E-state index in [9.17, 15) is 9.59 Å². The Kier molecular flexibility index (Phi) is 6.05. The zero-order chi connectivity index (χ0) is 17.8. The normalized spacial score (nSPS) is 17.7. The number of rotatable bonds is 5. The molecule has 0 amide bonds. The van der Waals surface area contributed by atoms with Crippen molar-refractivity contribution in [1.82, 2.24) is 0 Å². The summed E-state index contributed by atoms with van der Waals surface area (Å²) in [4.78, 5) is 25.7. The average molecular weight is 389 g/mol. The van der Waals surface area contributed by atoms with E-state index >= 15 is 0 Å². The van der Waals surface area contributed by atoms with Crippen LogP contribution in [0.15, 0.2) is 64.4 Å². The van der Waals surface area contributed by atoms with Crippen molar-refractivity contribution in [2.75, 3.05) is 5.75 Å². The molecule has 1 aliphatic rings. The molecule has 25 heavy (non-hydrogen) atoms. The summed E-state index contributed by atoms with van der Waals surface area (Å²) in [5.41, 5.74) is 1.96. The van der Waals surface area contributed by atoms with Gasteiger partial charge in [-0.1, -0.05) is 61.0 Å². The molecule has 2 aromatic carbocycles. The summed E-state index contributed by atoms with van der Waals surface area (Å²) < 4.78 is 0.826. The first kappa shape index (κ1) is 18.3. The second-order valence-corrected chi connectivity index (χ2v) is 8.76. The van der Waals surface area contributed by atoms with E-state index in [2.05, 4.69) is 0 Å². The summed E-state index contributed by atoms with van der Waals surface area (Å²) in [6.07, 6.45) is 0.327. The number of ketones is 2. The Morgan fingerprint density at radius 2 is 1.84 bits per heavy atom. The summed E-state index contributed by atoms with van der Waals surface area (Å²) >= 11 is 9.13. The lowest BCUT2D eigenvalue weighted by molar-refractivity contribution is -0.115. The third kappa shape index (κ3) is 4.20. The second-order valence-electron chi connectivity index (χ2n) is 5.58. The molecule has 0 N–H and O–H groups in total. The molecule has 1 aliphatic heterocycles. The monoisotopic (exact) mass is 388 g/mol. The van der Waals surface area contributed by atoms with Crippen LogP contribution < -0.4 is 0 Å². The van der Waals surface area contributed by atoms with Crippen molar-refractivity contribution in [2.45, 2.75) is 18.6 Å². The van der Waals surface area contributed by atoms with Crippen LogP contribution in [0.3, 0.4) is 0 Å². The molecule has 0 aliphatic carbocycles. The topological polar surface area (TPSA) is 34.1 Å². The SMILES string of the molecule is CCSC1=C(C(=O)c2ccccc2)C(=O)C[C@@H](c2ccc(Cl)cc2)S1. The highest BCUT2D eigenvalue weighted by Gasteiger charge is 2.33. The third-order valence-corrected chi connectivity index (χ3v) is 6.67. The molecule has 0 saturated carbocycles. The number of halogens is 1. The number of carbonyl (C=O) groups is 2. The summed E-state index contributed by atoms with van der Waals surface area (Å²) in [5.74, 6) is 0.557. The first-order valence-electron chi connectivity index (χ1n) is 8.02. The first-order chi connectivity index (χ1) is 12.1. The van der Waals surface area contributed by atoms with E-state index in [1.54, 1.807) is 35.7 Å². The average Bonchev–Trinajstić information content (AvgIpc) is 2.62. The van der Waals surface area contributed by atoms with E-state index in [0.29, 0.717) is 22.6 Å². The van der Waals surface area contributed by atoms with Gasteiger partial charge in [-0.25, -0.2) is 0 Å². The highest BCUT2D eigenvalue weighted by molar-refractivity contribution is 8.22. The molecule has 0 saturated heterocycles. The lowest BCUT2D eigenvalue weighted by Crippen LogP contribution is -2.20. The molecule has 3 rings (SSSR count). The van der Waals surface area contributed by atoms with Gasteiger partial charge in [0.15, 0.2) is 11.6 Å². The van der Waals surface area contributed by atoms with Gasteiger partial charge in [-0.15, -0.1) is 23.5 Å². The Balaban J connectivity index is 1.95. The molecule has 1 atom stereocenters. The molecule has 0 unspecified atom stereocenters. The van der Waals surface area contributed by atoms with Crippen LogP contribution in [0.1, 0.15) is 34.5 Å². The lowest BCUT2D eigenvalue weighted by Gasteiger charge is -2.25. The van der Waals surface area contributed by atoms with Crippen LogP contribution in [-0.2, 0) is 4.79 Å². The van der Waals surface area contributed by atoms with E-state index in [4.69, 9.17) is 11.6 Å². The van der Waals surface area contributed by atoms with Gasteiger partial charge in [0.05, 0.1) is 9.81 Å². The van der Waals surface area contributed by atoms with E-state index in [1.807, 2.05) is 49.4 Å². The van der Waals surface area contributed by atoms with Crippen molar-refractivity contribution in [3.63, 3.8) is 0 Å². The van der Waals surface area contributed by atoms with Crippen molar-refractivity contribution in [3.8, 4) is 0 Å². The van der Waals surface area contributed by atoms with Crippen molar-refractivity contribution in [2.24, 2.45) is 0 Å². The molecular weight excluding hydrogens is 372 g/mol. The number of hydrogen-bond acceptors (Lipinski definition) is 4. The van der Waals surface area contributed by atoms with Gasteiger partial charge in [0, 0.05) is 22.3 Å². The van der Waals surface area contributed by atoms with Crippen molar-refractivity contribution in [1.29, 1.82) is 0 Å². The summed E-state index contributed by atoms with van der Waals surface area (Å²) in [7, 11) is 0. The van der Waals surface area contributed by atoms with Crippen LogP contribution in [0, 0.1) is 0 Å². The molecule has 0 spiro atoms. The highest BCUT2D eigenvalue weighted by Crippen LogP contribution is 2.48. The molecule has 2 nitrogen and oxygen atoms in total. The fourth-order valence-corrected chi connectivity index (χ4v) is 5.49. The third-order valence-electron chi connectivity index (χ3n) is 3.88. The minimum atomic E-state index is -0.177. The van der Waals surface area contributed by atoms with Gasteiger partial charge < -0.3 is 0 Å². The minimum Gasteiger partial charge on any atom is -0.294 e. The van der Waals surface area contributed by atoms with Gasteiger partial charge in [0.2, 0.25) is 0 Å². The maximum Gasteiger partial charge on any atom is 0.198 e. The molecule has 0 aromatic heterocycles. The Hall–Kier alpha value is -1.49. The van der Waals surface area contributed by atoms with Crippen LogP contribution in [0.25, 0.3) is 0 Å². The zero-order valence-corrected chi connectivity index (χ0v) is 16.1. The van der Waals surface area contributed by atoms with E-state index in [1.165, 1.54) is 0 Å². The second kappa shape index (κ2) is 8.26. The molecule has 128 valence electrons. The standard InChI is InChI=1S/C20H17ClO2S2/c1-2-24-20-18(19(23)14-6-4-3-5-7-14)16(22)12-17(25-20)13-8-10-15(21)11-9-13/h3-11,17H,2,12H2,1H3/t17-/m0/s1. The van der Waals surface area contributed by atoms with E-state index in [-0.39, 0.29) is 16.8 Å². The molecular formula is C20H17ClO2S2. The van der Waals surface area contributed by atoms with Crippen LogP contribution >= 0.6 is 35.1 Å². The molecule has 0 bridgehead atoms. The molecule has 5 heteroatoms. The molecule has 1 heterocycles. The molecule has 2 aromatic rings. The van der Waals surface area contributed by atoms with Gasteiger partial charge in [0.25, 0.3) is 0 Å². The van der Waals surface area contributed by atoms with Gasteiger partial charge in [-0.3, -0.25) is 9.59 Å². The van der Waals surface area contributed by atoms with Crippen LogP contribution in [-0.4, -0.2) is 17.3 Å². The van der Waals surface area contributed by atoms with Gasteiger partial charge >= 0.3 is 0 Å². The zero-order valence-electron chi connectivity index (χ0n) is 13.7. The first-order valence-corrected chi connectivity index (χ1v) is 10.3. The number of allylic oxidation sites excluding steroid dienone is 1. The number of hydrogen-bond donors (Lipinski definition) is 0. The summed E-state index contributed by atoms with van der Waals surface area (Å²) in [6.45, 7) is 2.03. The Morgan fingerprint density at radius 3 is 2.48 bits per heavy atom. The molecule has 0 radical (unpaired) electrons. The van der Waals surface area contributed by atoms with Crippen LogP contribution in [0.4, 0.5) is 0 Å². The van der Waals surface area contributed by atoms with Crippen LogP contribution in [0.2, 0.25) is 5.02 Å². The van der Waals surface area contributed by atoms with Gasteiger partial charge in [-0.2, -0.15) is 0 Å². The summed E-state index contributed by atoms with van der Waals surface area (Å²) in [6, 6.07) is 16.6. The van der Waals surface area contributed by atoms with Crippen molar-refractivity contribution in [3.05, 3.63) is 80.6 Å². The van der Waals surface area contributed by atoms with E-state index in [0.717, 1.165) is 15.6 Å². The van der Waals surface area contributed by atoms with Gasteiger partial charge in [-0.05, 0) is 23.4 Å². The Bertz CT molecular complexity index is 813. The maximum atomic E-state index is 12.9. The lowest BCUT2D eigenvalue weighted by atomic mass is 9.96. The number of Topliss-reactive ketones (excluding diaryl/α,β-unsaturated/α-hetero) is 2. The fraction of sp³-hybridized carbons (Fsp3) is 0.200. The number of thioether (sulfide) groups is 2. The number of benzene rings is 2. The largest absolute Gasteiger partial charge is 0.294 e.